The summed E-state index contributed by atoms with van der Waals surface area (Å²) in [5.74, 6) is 0. The molecule has 0 saturated carbocycles. The Morgan fingerprint density at radius 3 is 3.11 bits per heavy atom. The molecular weight excluding hydrogens is 114 g/mol. The zero-order chi connectivity index (χ0) is 6.69. The Balaban J connectivity index is 2.52. The van der Waals surface area contributed by atoms with Crippen molar-refractivity contribution in [2.45, 2.75) is 19.4 Å². The van der Waals surface area contributed by atoms with E-state index in [1.807, 2.05) is 6.08 Å². The monoisotopic (exact) mass is 125 g/mol. The molecule has 1 N–H and O–H groups in total. The Bertz CT molecular complexity index is 149. The minimum Gasteiger partial charge on any atom is -0.392 e. The molecule has 0 aromatic heterocycles. The van der Waals surface area contributed by atoms with E-state index in [1.54, 1.807) is 6.21 Å². The molecule has 0 aromatic carbocycles. The minimum absolute atomic E-state index is 0.121. The van der Waals surface area contributed by atoms with E-state index in [-0.39, 0.29) is 6.61 Å². The van der Waals surface area contributed by atoms with Crippen LogP contribution in [0.5, 0.6) is 0 Å². The van der Waals surface area contributed by atoms with Crippen molar-refractivity contribution in [2.24, 2.45) is 4.99 Å². The lowest BCUT2D eigenvalue weighted by atomic mass is 10.1. The largest absolute Gasteiger partial charge is 0.392 e. The Hall–Kier alpha value is -0.630. The number of aliphatic hydroxyl groups is 1. The Morgan fingerprint density at radius 1 is 1.89 bits per heavy atom. The number of aliphatic imine (C=N–C) groups is 1. The summed E-state index contributed by atoms with van der Waals surface area (Å²) in [5, 5.41) is 8.62. The zero-order valence-corrected chi connectivity index (χ0v) is 5.54. The molecule has 0 amide bonds. The van der Waals surface area contributed by atoms with Gasteiger partial charge in [-0.05, 0) is 18.9 Å². The topological polar surface area (TPSA) is 32.6 Å². The van der Waals surface area contributed by atoms with Crippen LogP contribution in [0.4, 0.5) is 0 Å². The molecule has 0 aliphatic carbocycles. The summed E-state index contributed by atoms with van der Waals surface area (Å²) in [6.45, 7) is 2.18. The highest BCUT2D eigenvalue weighted by Gasteiger charge is 2.01. The van der Waals surface area contributed by atoms with Crippen molar-refractivity contribution in [1.29, 1.82) is 0 Å². The second kappa shape index (κ2) is 2.78. The molecule has 1 atom stereocenters. The van der Waals surface area contributed by atoms with Crippen LogP contribution in [0.25, 0.3) is 0 Å². The fraction of sp³-hybridized carbons (Fsp3) is 0.571. The van der Waals surface area contributed by atoms with Gasteiger partial charge in [0.2, 0.25) is 0 Å². The third-order valence-corrected chi connectivity index (χ3v) is 1.40. The Labute approximate surface area is 54.9 Å². The standard InChI is InChI=1S/C7H11NO/c1-6-2-3-7(5-9)4-8-6/h3-4,6,9H,2,5H2,1H3. The molecule has 1 heterocycles. The van der Waals surface area contributed by atoms with Crippen LogP contribution in [0.3, 0.4) is 0 Å². The summed E-state index contributed by atoms with van der Waals surface area (Å²) in [5.41, 5.74) is 0.938. The first-order valence-electron chi connectivity index (χ1n) is 3.16. The van der Waals surface area contributed by atoms with Gasteiger partial charge in [-0.15, -0.1) is 0 Å². The number of dihydropyridines is 1. The van der Waals surface area contributed by atoms with Gasteiger partial charge in [-0.2, -0.15) is 0 Å². The van der Waals surface area contributed by atoms with Crippen LogP contribution >= 0.6 is 0 Å². The van der Waals surface area contributed by atoms with Crippen molar-refractivity contribution >= 4 is 6.21 Å². The van der Waals surface area contributed by atoms with Gasteiger partial charge in [0, 0.05) is 6.21 Å². The van der Waals surface area contributed by atoms with E-state index >= 15 is 0 Å². The Kier molecular flexibility index (Phi) is 2.01. The predicted octanol–water partition coefficient (Wildman–Crippen LogP) is 0.768. The van der Waals surface area contributed by atoms with Crippen LogP contribution in [-0.4, -0.2) is 24.0 Å². The fourth-order valence-electron chi connectivity index (χ4n) is 0.764. The summed E-state index contributed by atoms with van der Waals surface area (Å²) in [4.78, 5) is 4.13. The second-order valence-corrected chi connectivity index (χ2v) is 2.30. The van der Waals surface area contributed by atoms with Crippen molar-refractivity contribution in [3.05, 3.63) is 11.6 Å². The van der Waals surface area contributed by atoms with Crippen LogP contribution in [0.2, 0.25) is 0 Å². The Morgan fingerprint density at radius 2 is 2.67 bits per heavy atom. The van der Waals surface area contributed by atoms with Gasteiger partial charge in [0.1, 0.15) is 0 Å². The van der Waals surface area contributed by atoms with Crippen molar-refractivity contribution in [3.63, 3.8) is 0 Å². The number of aliphatic hydroxyl groups excluding tert-OH is 1. The molecule has 0 fully saturated rings. The van der Waals surface area contributed by atoms with Gasteiger partial charge < -0.3 is 5.11 Å². The molecule has 50 valence electrons. The van der Waals surface area contributed by atoms with Crippen LogP contribution < -0.4 is 0 Å². The van der Waals surface area contributed by atoms with Crippen LogP contribution in [0.15, 0.2) is 16.6 Å². The van der Waals surface area contributed by atoms with Gasteiger partial charge in [0.15, 0.2) is 0 Å². The van der Waals surface area contributed by atoms with E-state index in [0.717, 1.165) is 12.0 Å². The number of rotatable bonds is 1. The lowest BCUT2D eigenvalue weighted by Crippen LogP contribution is -2.05. The highest BCUT2D eigenvalue weighted by molar-refractivity contribution is 5.79. The molecule has 0 radical (unpaired) electrons. The van der Waals surface area contributed by atoms with E-state index < -0.39 is 0 Å². The van der Waals surface area contributed by atoms with Crippen molar-refractivity contribution in [2.75, 3.05) is 6.61 Å². The molecule has 1 aliphatic rings. The summed E-state index contributed by atoms with van der Waals surface area (Å²) in [7, 11) is 0. The fourth-order valence-corrected chi connectivity index (χ4v) is 0.764. The smallest absolute Gasteiger partial charge is 0.0693 e. The summed E-state index contributed by atoms with van der Waals surface area (Å²) < 4.78 is 0. The zero-order valence-electron chi connectivity index (χ0n) is 5.54. The molecule has 0 spiro atoms. The second-order valence-electron chi connectivity index (χ2n) is 2.30. The molecule has 2 heteroatoms. The summed E-state index contributed by atoms with van der Waals surface area (Å²) in [6.07, 6.45) is 4.73. The van der Waals surface area contributed by atoms with E-state index in [4.69, 9.17) is 5.11 Å². The van der Waals surface area contributed by atoms with E-state index in [2.05, 4.69) is 11.9 Å². The molecule has 0 aromatic rings. The minimum atomic E-state index is 0.121. The van der Waals surface area contributed by atoms with E-state index in [1.165, 1.54) is 0 Å². The van der Waals surface area contributed by atoms with Gasteiger partial charge in [-0.1, -0.05) is 6.08 Å². The molecular formula is C7H11NO. The first-order valence-corrected chi connectivity index (χ1v) is 3.16. The van der Waals surface area contributed by atoms with Gasteiger partial charge in [-0.3, -0.25) is 4.99 Å². The van der Waals surface area contributed by atoms with Crippen molar-refractivity contribution in [3.8, 4) is 0 Å². The molecule has 2 nitrogen and oxygen atoms in total. The van der Waals surface area contributed by atoms with Gasteiger partial charge in [0.05, 0.1) is 12.6 Å². The molecule has 1 unspecified atom stereocenters. The first kappa shape index (κ1) is 6.49. The summed E-state index contributed by atoms with van der Waals surface area (Å²) in [6, 6.07) is 0.403. The maximum atomic E-state index is 8.62. The van der Waals surface area contributed by atoms with Crippen LogP contribution in [-0.2, 0) is 0 Å². The maximum Gasteiger partial charge on any atom is 0.0693 e. The quantitative estimate of drug-likeness (QED) is 0.551. The maximum absolute atomic E-state index is 8.62. The highest BCUT2D eigenvalue weighted by Crippen LogP contribution is 2.06. The lowest BCUT2D eigenvalue weighted by molar-refractivity contribution is 0.336. The van der Waals surface area contributed by atoms with Crippen LogP contribution in [0.1, 0.15) is 13.3 Å². The molecule has 0 saturated heterocycles. The summed E-state index contributed by atoms with van der Waals surface area (Å²) >= 11 is 0. The predicted molar refractivity (Wildman–Crippen MR) is 37.7 cm³/mol. The highest BCUT2D eigenvalue weighted by atomic mass is 16.3. The van der Waals surface area contributed by atoms with Crippen LogP contribution in [0, 0.1) is 0 Å². The SMILES string of the molecule is CC1CC=C(CO)C=N1. The molecule has 0 bridgehead atoms. The van der Waals surface area contributed by atoms with Crippen molar-refractivity contribution < 1.29 is 5.11 Å². The average molecular weight is 125 g/mol. The van der Waals surface area contributed by atoms with E-state index in [9.17, 15) is 0 Å². The normalized spacial score (nSPS) is 26.0. The van der Waals surface area contributed by atoms with E-state index in [0.29, 0.717) is 6.04 Å². The molecule has 1 aliphatic heterocycles. The molecule has 1 rings (SSSR count). The van der Waals surface area contributed by atoms with Gasteiger partial charge in [-0.25, -0.2) is 0 Å². The third-order valence-electron chi connectivity index (χ3n) is 1.40. The number of hydrogen-bond donors (Lipinski definition) is 1. The lowest BCUT2D eigenvalue weighted by Gasteiger charge is -2.08. The molecule has 9 heavy (non-hydrogen) atoms. The first-order chi connectivity index (χ1) is 4.33. The third kappa shape index (κ3) is 1.64. The number of hydrogen-bond acceptors (Lipinski definition) is 2. The van der Waals surface area contributed by atoms with Gasteiger partial charge in [0.25, 0.3) is 0 Å². The average Bonchev–Trinajstić information content (AvgIpc) is 1.90. The van der Waals surface area contributed by atoms with Crippen molar-refractivity contribution in [1.82, 2.24) is 0 Å². The number of nitrogens with zero attached hydrogens (tertiary/aromatic N) is 1. The van der Waals surface area contributed by atoms with Gasteiger partial charge >= 0.3 is 0 Å².